The van der Waals surface area contributed by atoms with Gasteiger partial charge in [0.1, 0.15) is 0 Å². The molecule has 0 N–H and O–H groups in total. The summed E-state index contributed by atoms with van der Waals surface area (Å²) in [6, 6.07) is 57.3. The second-order valence-electron chi connectivity index (χ2n) is 12.6. The average Bonchev–Trinajstić information content (AvgIpc) is 3.19. The molecule has 0 fully saturated rings. The predicted molar refractivity (Wildman–Crippen MR) is 207 cm³/mol. The third kappa shape index (κ3) is 4.54. The molecule has 0 atom stereocenters. The lowest BCUT2D eigenvalue weighted by Crippen LogP contribution is -1.97. The van der Waals surface area contributed by atoms with Gasteiger partial charge >= 0.3 is 0 Å². The quantitative estimate of drug-likeness (QED) is 0.142. The molecule has 10 aromatic rings. The molecular weight excluding hydrogens is 609 g/mol. The molecule has 0 aliphatic rings. The van der Waals surface area contributed by atoms with Crippen molar-refractivity contribution in [1.29, 1.82) is 0 Å². The van der Waals surface area contributed by atoms with Crippen LogP contribution in [0.1, 0.15) is 0 Å². The van der Waals surface area contributed by atoms with Crippen LogP contribution in [-0.2, 0) is 0 Å². The molecule has 0 spiro atoms. The van der Waals surface area contributed by atoms with Gasteiger partial charge in [-0.25, -0.2) is 15.0 Å². The van der Waals surface area contributed by atoms with Gasteiger partial charge in [0.2, 0.25) is 0 Å². The third-order valence-corrected chi connectivity index (χ3v) is 9.73. The van der Waals surface area contributed by atoms with Gasteiger partial charge in [0.25, 0.3) is 0 Å². The molecule has 10 rings (SSSR count). The topological polar surface area (TPSA) is 51.6 Å². The zero-order valence-corrected chi connectivity index (χ0v) is 27.0. The van der Waals surface area contributed by atoms with E-state index in [9.17, 15) is 0 Å². The van der Waals surface area contributed by atoms with Crippen molar-refractivity contribution in [2.75, 3.05) is 0 Å². The Balaban J connectivity index is 1.19. The molecule has 50 heavy (non-hydrogen) atoms. The summed E-state index contributed by atoms with van der Waals surface area (Å²) < 4.78 is 0. The molecule has 4 heteroatoms. The van der Waals surface area contributed by atoms with Gasteiger partial charge in [-0.05, 0) is 51.7 Å². The summed E-state index contributed by atoms with van der Waals surface area (Å²) in [5.41, 5.74) is 11.3. The summed E-state index contributed by atoms with van der Waals surface area (Å²) in [4.78, 5) is 20.4. The van der Waals surface area contributed by atoms with Gasteiger partial charge in [-0.1, -0.05) is 140 Å². The first kappa shape index (κ1) is 28.3. The Hall–Kier alpha value is -6.78. The third-order valence-electron chi connectivity index (χ3n) is 9.73. The van der Waals surface area contributed by atoms with Gasteiger partial charge < -0.3 is 0 Å². The van der Waals surface area contributed by atoms with Crippen molar-refractivity contribution in [2.24, 2.45) is 0 Å². The molecule has 4 nitrogen and oxygen atoms in total. The first-order valence-electron chi connectivity index (χ1n) is 16.8. The minimum atomic E-state index is 0.702. The second kappa shape index (κ2) is 11.4. The number of hydrogen-bond donors (Lipinski definition) is 0. The molecule has 3 aromatic heterocycles. The summed E-state index contributed by atoms with van der Waals surface area (Å²) >= 11 is 0. The maximum Gasteiger partial charge on any atom is 0.161 e. The predicted octanol–water partition coefficient (Wildman–Crippen LogP) is 11.7. The van der Waals surface area contributed by atoms with Crippen LogP contribution in [0.4, 0.5) is 0 Å². The highest BCUT2D eigenvalue weighted by atomic mass is 14.9. The number of rotatable bonds is 4. The lowest BCUT2D eigenvalue weighted by atomic mass is 9.90. The van der Waals surface area contributed by atoms with Crippen LogP contribution in [0.15, 0.2) is 170 Å². The van der Waals surface area contributed by atoms with E-state index in [0.717, 1.165) is 82.3 Å². The van der Waals surface area contributed by atoms with Crippen molar-refractivity contribution in [3.05, 3.63) is 170 Å². The molecule has 0 saturated carbocycles. The van der Waals surface area contributed by atoms with Gasteiger partial charge in [0, 0.05) is 44.4 Å². The van der Waals surface area contributed by atoms with E-state index in [0.29, 0.717) is 5.82 Å². The van der Waals surface area contributed by atoms with Gasteiger partial charge in [-0.2, -0.15) is 0 Å². The Morgan fingerprint density at radius 2 is 0.960 bits per heavy atom. The largest absolute Gasteiger partial charge is 0.254 e. The summed E-state index contributed by atoms with van der Waals surface area (Å²) in [7, 11) is 0. The Kier molecular flexibility index (Phi) is 6.46. The number of nitrogens with zero attached hydrogens (tertiary/aromatic N) is 4. The Labute approximate surface area is 288 Å². The fourth-order valence-corrected chi connectivity index (χ4v) is 7.36. The lowest BCUT2D eigenvalue weighted by Gasteiger charge is -2.17. The molecular formula is C46H28N4. The highest BCUT2D eigenvalue weighted by molar-refractivity contribution is 6.20. The smallest absolute Gasteiger partial charge is 0.161 e. The molecule has 7 aromatic carbocycles. The standard InChI is InChI=1S/C46H28N4/c1-2-11-29(12-3-1)30-20-22-32(23-21-30)43-38-17-7-9-19-41(38)49-46(50-43)36-27-26-35(33-14-4-5-15-34(33)36)42-37-16-6-8-18-40(37)48-45-39(42)25-24-31-13-10-28-47-44(31)45/h1-28H. The highest BCUT2D eigenvalue weighted by Gasteiger charge is 2.19. The molecule has 0 aliphatic carbocycles. The highest BCUT2D eigenvalue weighted by Crippen LogP contribution is 2.42. The minimum absolute atomic E-state index is 0.702. The number of fused-ring (bicyclic) bond motifs is 6. The average molecular weight is 637 g/mol. The van der Waals surface area contributed by atoms with E-state index < -0.39 is 0 Å². The van der Waals surface area contributed by atoms with Gasteiger partial charge in [-0.3, -0.25) is 4.98 Å². The summed E-state index contributed by atoms with van der Waals surface area (Å²) in [5, 5.41) is 6.52. The van der Waals surface area contributed by atoms with E-state index in [4.69, 9.17) is 19.9 Å². The zero-order valence-electron chi connectivity index (χ0n) is 27.0. The first-order chi connectivity index (χ1) is 24.8. The molecule has 0 radical (unpaired) electrons. The van der Waals surface area contributed by atoms with Crippen molar-refractivity contribution in [3.8, 4) is 44.9 Å². The van der Waals surface area contributed by atoms with E-state index in [-0.39, 0.29) is 0 Å². The minimum Gasteiger partial charge on any atom is -0.254 e. The molecule has 3 heterocycles. The van der Waals surface area contributed by atoms with E-state index in [2.05, 4.69) is 146 Å². The molecule has 0 amide bonds. The molecule has 0 saturated heterocycles. The zero-order chi connectivity index (χ0) is 33.0. The van der Waals surface area contributed by atoms with Crippen LogP contribution in [0.3, 0.4) is 0 Å². The normalized spacial score (nSPS) is 11.6. The molecule has 232 valence electrons. The van der Waals surface area contributed by atoms with Gasteiger partial charge in [0.05, 0.1) is 27.8 Å². The van der Waals surface area contributed by atoms with E-state index in [1.54, 1.807) is 0 Å². The van der Waals surface area contributed by atoms with Crippen molar-refractivity contribution >= 4 is 54.4 Å². The van der Waals surface area contributed by atoms with Crippen LogP contribution in [0.5, 0.6) is 0 Å². The van der Waals surface area contributed by atoms with Gasteiger partial charge in [-0.15, -0.1) is 0 Å². The number of para-hydroxylation sites is 2. The van der Waals surface area contributed by atoms with Crippen molar-refractivity contribution in [2.45, 2.75) is 0 Å². The summed E-state index contributed by atoms with van der Waals surface area (Å²) in [6.07, 6.45) is 1.85. The lowest BCUT2D eigenvalue weighted by molar-refractivity contribution is 1.23. The number of aromatic nitrogens is 4. The van der Waals surface area contributed by atoms with Crippen LogP contribution < -0.4 is 0 Å². The van der Waals surface area contributed by atoms with Gasteiger partial charge in [0.15, 0.2) is 5.82 Å². The van der Waals surface area contributed by atoms with Crippen molar-refractivity contribution in [3.63, 3.8) is 0 Å². The number of pyridine rings is 2. The summed E-state index contributed by atoms with van der Waals surface area (Å²) in [6.45, 7) is 0. The van der Waals surface area contributed by atoms with Crippen LogP contribution in [0.2, 0.25) is 0 Å². The fraction of sp³-hybridized carbons (Fsp3) is 0. The maximum atomic E-state index is 5.30. The van der Waals surface area contributed by atoms with Crippen molar-refractivity contribution < 1.29 is 0 Å². The molecule has 0 unspecified atom stereocenters. The van der Waals surface area contributed by atoms with Crippen LogP contribution in [0, 0.1) is 0 Å². The van der Waals surface area contributed by atoms with E-state index in [1.807, 2.05) is 24.4 Å². The van der Waals surface area contributed by atoms with E-state index >= 15 is 0 Å². The second-order valence-corrected chi connectivity index (χ2v) is 12.6. The van der Waals surface area contributed by atoms with Crippen LogP contribution in [0.25, 0.3) is 99.3 Å². The Bertz CT molecular complexity index is 2920. The Morgan fingerprint density at radius 1 is 0.340 bits per heavy atom. The molecule has 0 bridgehead atoms. The van der Waals surface area contributed by atoms with Crippen LogP contribution >= 0.6 is 0 Å². The molecule has 0 aliphatic heterocycles. The van der Waals surface area contributed by atoms with Crippen LogP contribution in [-0.4, -0.2) is 19.9 Å². The number of benzene rings is 7. The van der Waals surface area contributed by atoms with E-state index in [1.165, 1.54) is 11.1 Å². The number of hydrogen-bond acceptors (Lipinski definition) is 4. The monoisotopic (exact) mass is 636 g/mol. The first-order valence-corrected chi connectivity index (χ1v) is 16.8. The van der Waals surface area contributed by atoms with Crippen molar-refractivity contribution in [1.82, 2.24) is 19.9 Å². The maximum absolute atomic E-state index is 5.30. The fourth-order valence-electron chi connectivity index (χ4n) is 7.36. The summed E-state index contributed by atoms with van der Waals surface area (Å²) in [5.74, 6) is 0.702. The Morgan fingerprint density at radius 3 is 1.76 bits per heavy atom. The SMILES string of the molecule is c1ccc(-c2ccc(-c3nc(-c4ccc(-c5c6ccccc6nc6c5ccc5cccnc56)c5ccccc45)nc4ccccc34)cc2)cc1.